The molecule has 0 radical (unpaired) electrons. The van der Waals surface area contributed by atoms with Gasteiger partial charge >= 0.3 is 0 Å². The monoisotopic (exact) mass is 235 g/mol. The van der Waals surface area contributed by atoms with Crippen molar-refractivity contribution in [3.63, 3.8) is 0 Å². The highest BCUT2D eigenvalue weighted by Crippen LogP contribution is 2.21. The van der Waals surface area contributed by atoms with Gasteiger partial charge in [0.15, 0.2) is 0 Å². The average Bonchev–Trinajstić information content (AvgIpc) is 2.69. The van der Waals surface area contributed by atoms with Crippen LogP contribution in [-0.2, 0) is 6.42 Å². The predicted molar refractivity (Wildman–Crippen MR) is 61.8 cm³/mol. The smallest absolute Gasteiger partial charge is 0.228 e. The van der Waals surface area contributed by atoms with E-state index in [-0.39, 0.29) is 11.9 Å². The Bertz CT molecular complexity index is 522. The molecule has 1 aromatic carbocycles. The summed E-state index contributed by atoms with van der Waals surface area (Å²) >= 11 is 0. The van der Waals surface area contributed by atoms with Gasteiger partial charge in [-0.05, 0) is 31.5 Å². The number of benzene rings is 1. The van der Waals surface area contributed by atoms with Gasteiger partial charge in [0.2, 0.25) is 11.7 Å². The number of aryl methyl sites for hydroxylation is 1. The van der Waals surface area contributed by atoms with Crippen molar-refractivity contribution in [2.24, 2.45) is 5.73 Å². The van der Waals surface area contributed by atoms with Crippen LogP contribution in [0.2, 0.25) is 0 Å². The largest absolute Gasteiger partial charge is 0.339 e. The number of hydrogen-bond donors (Lipinski definition) is 1. The Labute approximate surface area is 98.6 Å². The second-order valence-electron chi connectivity index (χ2n) is 4.15. The van der Waals surface area contributed by atoms with Crippen LogP contribution in [0, 0.1) is 12.7 Å². The lowest BCUT2D eigenvalue weighted by Crippen LogP contribution is -2.17. The maximum absolute atomic E-state index is 13.1. The van der Waals surface area contributed by atoms with E-state index in [1.807, 2.05) is 13.8 Å². The minimum absolute atomic E-state index is 0.0445. The topological polar surface area (TPSA) is 64.9 Å². The van der Waals surface area contributed by atoms with Gasteiger partial charge in [0.05, 0.1) is 0 Å². The number of rotatable bonds is 3. The predicted octanol–water partition coefficient (Wildman–Crippen LogP) is 2.07. The highest BCUT2D eigenvalue weighted by Gasteiger charge is 2.12. The molecule has 2 aromatic rings. The van der Waals surface area contributed by atoms with Crippen molar-refractivity contribution >= 4 is 0 Å². The summed E-state index contributed by atoms with van der Waals surface area (Å²) in [7, 11) is 0. The molecule has 0 aliphatic heterocycles. The zero-order chi connectivity index (χ0) is 12.4. The van der Waals surface area contributed by atoms with E-state index in [2.05, 4.69) is 10.1 Å². The average molecular weight is 235 g/mol. The van der Waals surface area contributed by atoms with Crippen molar-refractivity contribution in [3.8, 4) is 11.4 Å². The third-order valence-electron chi connectivity index (χ3n) is 2.41. The second-order valence-corrected chi connectivity index (χ2v) is 4.15. The van der Waals surface area contributed by atoms with Crippen LogP contribution in [0.1, 0.15) is 18.4 Å². The minimum atomic E-state index is -0.316. The summed E-state index contributed by atoms with van der Waals surface area (Å²) in [6.45, 7) is 3.73. The Kier molecular flexibility index (Phi) is 3.19. The Morgan fingerprint density at radius 2 is 2.24 bits per heavy atom. The van der Waals surface area contributed by atoms with E-state index in [4.69, 9.17) is 10.3 Å². The Hall–Kier alpha value is -1.75. The first-order chi connectivity index (χ1) is 8.06. The fourth-order valence-electron chi connectivity index (χ4n) is 1.56. The van der Waals surface area contributed by atoms with Gasteiger partial charge in [-0.15, -0.1) is 0 Å². The second kappa shape index (κ2) is 4.63. The number of hydrogen-bond acceptors (Lipinski definition) is 4. The molecular formula is C12H14FN3O. The lowest BCUT2D eigenvalue weighted by atomic mass is 10.1. The van der Waals surface area contributed by atoms with Gasteiger partial charge in [-0.1, -0.05) is 11.2 Å². The van der Waals surface area contributed by atoms with Crippen LogP contribution in [0.25, 0.3) is 11.4 Å². The van der Waals surface area contributed by atoms with Gasteiger partial charge in [-0.2, -0.15) is 4.98 Å². The Morgan fingerprint density at radius 1 is 1.47 bits per heavy atom. The molecule has 5 heteroatoms. The number of nitrogens with two attached hydrogens (primary N) is 1. The summed E-state index contributed by atoms with van der Waals surface area (Å²) in [5.74, 6) is 0.556. The van der Waals surface area contributed by atoms with Crippen molar-refractivity contribution in [1.29, 1.82) is 0 Å². The fourth-order valence-corrected chi connectivity index (χ4v) is 1.56. The molecule has 2 rings (SSSR count). The molecule has 4 nitrogen and oxygen atoms in total. The lowest BCUT2D eigenvalue weighted by Gasteiger charge is -2.00. The van der Waals surface area contributed by atoms with Crippen LogP contribution in [-0.4, -0.2) is 16.2 Å². The number of halogens is 1. The Balaban J connectivity index is 2.33. The van der Waals surface area contributed by atoms with Crippen molar-refractivity contribution in [1.82, 2.24) is 10.1 Å². The number of nitrogens with zero attached hydrogens (tertiary/aromatic N) is 2. The van der Waals surface area contributed by atoms with Crippen LogP contribution in [0.15, 0.2) is 22.7 Å². The summed E-state index contributed by atoms with van der Waals surface area (Å²) < 4.78 is 18.2. The highest BCUT2D eigenvalue weighted by atomic mass is 19.1. The molecule has 1 atom stereocenters. The van der Waals surface area contributed by atoms with Crippen molar-refractivity contribution in [2.45, 2.75) is 26.3 Å². The molecule has 0 saturated carbocycles. The van der Waals surface area contributed by atoms with Crippen LogP contribution >= 0.6 is 0 Å². The summed E-state index contributed by atoms with van der Waals surface area (Å²) in [5, 5.41) is 3.83. The molecule has 0 fully saturated rings. The van der Waals surface area contributed by atoms with E-state index in [1.54, 1.807) is 6.07 Å². The molecule has 0 bridgehead atoms. The SMILES string of the molecule is Cc1ccc(F)cc1-c1noc(CC(C)N)n1. The molecule has 0 aliphatic carbocycles. The molecule has 90 valence electrons. The van der Waals surface area contributed by atoms with Gasteiger partial charge in [0, 0.05) is 18.0 Å². The minimum Gasteiger partial charge on any atom is -0.339 e. The van der Waals surface area contributed by atoms with Gasteiger partial charge in [-0.25, -0.2) is 4.39 Å². The molecule has 2 N–H and O–H groups in total. The Morgan fingerprint density at radius 3 is 2.94 bits per heavy atom. The van der Waals surface area contributed by atoms with Crippen LogP contribution in [0.3, 0.4) is 0 Å². The van der Waals surface area contributed by atoms with Crippen LogP contribution in [0.4, 0.5) is 4.39 Å². The van der Waals surface area contributed by atoms with E-state index in [1.165, 1.54) is 12.1 Å². The van der Waals surface area contributed by atoms with Gasteiger partial charge in [0.1, 0.15) is 5.82 Å². The van der Waals surface area contributed by atoms with E-state index in [0.29, 0.717) is 23.7 Å². The fraction of sp³-hybridized carbons (Fsp3) is 0.333. The third kappa shape index (κ3) is 2.68. The maximum Gasteiger partial charge on any atom is 0.228 e. The van der Waals surface area contributed by atoms with Gasteiger partial charge < -0.3 is 10.3 Å². The van der Waals surface area contributed by atoms with E-state index < -0.39 is 0 Å². The normalized spacial score (nSPS) is 12.7. The molecule has 17 heavy (non-hydrogen) atoms. The van der Waals surface area contributed by atoms with E-state index >= 15 is 0 Å². The highest BCUT2D eigenvalue weighted by molar-refractivity contribution is 5.59. The first-order valence-electron chi connectivity index (χ1n) is 5.41. The van der Waals surface area contributed by atoms with Gasteiger partial charge in [-0.3, -0.25) is 0 Å². The molecule has 1 heterocycles. The molecule has 0 spiro atoms. The molecule has 0 aliphatic rings. The van der Waals surface area contributed by atoms with E-state index in [0.717, 1.165) is 5.56 Å². The summed E-state index contributed by atoms with van der Waals surface area (Å²) in [6, 6.07) is 4.45. The van der Waals surface area contributed by atoms with Crippen LogP contribution in [0.5, 0.6) is 0 Å². The first-order valence-corrected chi connectivity index (χ1v) is 5.41. The first kappa shape index (κ1) is 11.7. The zero-order valence-electron chi connectivity index (χ0n) is 9.77. The zero-order valence-corrected chi connectivity index (χ0v) is 9.77. The standard InChI is InChI=1S/C12H14FN3O/c1-7-3-4-9(13)6-10(7)12-15-11(17-16-12)5-8(2)14/h3-4,6,8H,5,14H2,1-2H3. The molecule has 1 unspecified atom stereocenters. The van der Waals surface area contributed by atoms with Crippen molar-refractivity contribution in [2.75, 3.05) is 0 Å². The quantitative estimate of drug-likeness (QED) is 0.884. The van der Waals surface area contributed by atoms with Crippen molar-refractivity contribution < 1.29 is 8.91 Å². The molecule has 0 amide bonds. The maximum atomic E-state index is 13.1. The lowest BCUT2D eigenvalue weighted by molar-refractivity contribution is 0.372. The molecular weight excluding hydrogens is 221 g/mol. The molecule has 1 aromatic heterocycles. The summed E-state index contributed by atoms with van der Waals surface area (Å²) in [4.78, 5) is 4.20. The summed E-state index contributed by atoms with van der Waals surface area (Å²) in [5.41, 5.74) is 7.18. The van der Waals surface area contributed by atoms with E-state index in [9.17, 15) is 4.39 Å². The van der Waals surface area contributed by atoms with Gasteiger partial charge in [0.25, 0.3) is 0 Å². The van der Waals surface area contributed by atoms with Crippen LogP contribution < -0.4 is 5.73 Å². The third-order valence-corrected chi connectivity index (χ3v) is 2.41. The summed E-state index contributed by atoms with van der Waals surface area (Å²) in [6.07, 6.45) is 0.515. The molecule has 0 saturated heterocycles. The number of aromatic nitrogens is 2. The van der Waals surface area contributed by atoms with Crippen molar-refractivity contribution in [3.05, 3.63) is 35.5 Å².